The van der Waals surface area contributed by atoms with Gasteiger partial charge in [-0.25, -0.2) is 6.04 Å². The fourth-order valence-corrected chi connectivity index (χ4v) is 1.28. The van der Waals surface area contributed by atoms with Gasteiger partial charge in [0.05, 0.1) is 6.04 Å². The van der Waals surface area contributed by atoms with Gasteiger partial charge >= 0.3 is 51.4 Å². The molecule has 0 spiro atoms. The molecule has 0 aliphatic heterocycles. The molecule has 0 aromatic rings. The summed E-state index contributed by atoms with van der Waals surface area (Å²) in [7, 11) is 1.81. The summed E-state index contributed by atoms with van der Waals surface area (Å²) in [5.41, 5.74) is -0.0612. The summed E-state index contributed by atoms with van der Waals surface area (Å²) in [6.07, 6.45) is 0. The van der Waals surface area contributed by atoms with Crippen LogP contribution in [0.15, 0.2) is 0 Å². The molecule has 0 aliphatic rings. The zero-order valence-electron chi connectivity index (χ0n) is 13.5. The summed E-state index contributed by atoms with van der Waals surface area (Å²) >= 11 is 0. The van der Waals surface area contributed by atoms with Crippen molar-refractivity contribution in [1.29, 1.82) is 0 Å². The largest absolute Gasteiger partial charge is 1.00 e. The molecule has 2 N–H and O–H groups in total. The molecule has 0 bridgehead atoms. The molecule has 17 heavy (non-hydrogen) atoms. The topological polar surface area (TPSA) is 41.1 Å². The minimum atomic E-state index is -0.151. The molecule has 0 heterocycles. The molecule has 0 radical (unpaired) electrons. The zero-order valence-corrected chi connectivity index (χ0v) is 16.6. The maximum absolute atomic E-state index is 11.6. The van der Waals surface area contributed by atoms with Crippen LogP contribution in [0.1, 0.15) is 48.5 Å². The normalized spacial score (nSPS) is 11.4. The average molecular weight is 269 g/mol. The third-order valence-corrected chi connectivity index (χ3v) is 1.79. The van der Waals surface area contributed by atoms with Crippen LogP contribution in [0.5, 0.6) is 0 Å². The minimum Gasteiger partial charge on any atom is -0.502 e. The molecule has 0 aliphatic carbocycles. The Morgan fingerprint density at radius 3 is 1.71 bits per heavy atom. The van der Waals surface area contributed by atoms with Crippen molar-refractivity contribution in [2.75, 3.05) is 7.05 Å². The van der Waals surface area contributed by atoms with Crippen LogP contribution in [-0.4, -0.2) is 19.0 Å². The molecular weight excluding hydrogens is 239 g/mol. The van der Waals surface area contributed by atoms with Gasteiger partial charge in [-0.05, 0) is 12.5 Å². The fraction of sp³-hybridized carbons (Fsp3) is 0.769. The van der Waals surface area contributed by atoms with Gasteiger partial charge in [-0.3, -0.25) is 4.79 Å². The van der Waals surface area contributed by atoms with E-state index in [9.17, 15) is 4.79 Å². The van der Waals surface area contributed by atoms with E-state index in [1.54, 1.807) is 7.05 Å². The maximum Gasteiger partial charge on any atom is 1.00 e. The summed E-state index contributed by atoms with van der Waals surface area (Å²) in [5.74, 6) is 0.0370. The molecule has 0 saturated carbocycles. The second kappa shape index (κ2) is 13.5. The Hall–Kier alpha value is 1.07. The summed E-state index contributed by atoms with van der Waals surface area (Å²) in [5, 5.41) is 5.84. The molecule has 3 nitrogen and oxygen atoms in total. The van der Waals surface area contributed by atoms with E-state index in [0.29, 0.717) is 0 Å². The third kappa shape index (κ3) is 13.3. The van der Waals surface area contributed by atoms with Gasteiger partial charge in [-0.1, -0.05) is 34.6 Å². The monoisotopic (exact) mass is 269 g/mol. The summed E-state index contributed by atoms with van der Waals surface area (Å²) in [6, 6.07) is 0.775. The van der Waals surface area contributed by atoms with Crippen molar-refractivity contribution in [3.8, 4) is 0 Å². The van der Waals surface area contributed by atoms with Gasteiger partial charge in [0.25, 0.3) is 0 Å². The van der Waals surface area contributed by atoms with Crippen LogP contribution in [0.2, 0.25) is 0 Å². The molecule has 0 rings (SSSR count). The molecule has 1 unspecified atom stereocenters. The van der Waals surface area contributed by atoms with Crippen LogP contribution in [0.4, 0.5) is 0 Å². The van der Waals surface area contributed by atoms with E-state index in [4.69, 9.17) is 0 Å². The summed E-state index contributed by atoms with van der Waals surface area (Å²) < 4.78 is 0. The first-order valence-corrected chi connectivity index (χ1v) is 5.57. The van der Waals surface area contributed by atoms with Gasteiger partial charge in [0.1, 0.15) is 0 Å². The first-order chi connectivity index (χ1) is 6.79. The summed E-state index contributed by atoms with van der Waals surface area (Å²) in [4.78, 5) is 11.6. The molecule has 0 aromatic carbocycles. The molecule has 4 heteroatoms. The van der Waals surface area contributed by atoms with Gasteiger partial charge in [-0.2, -0.15) is 13.8 Å². The van der Waals surface area contributed by atoms with Gasteiger partial charge in [0, 0.05) is 0 Å². The van der Waals surface area contributed by atoms with Crippen LogP contribution in [-0.2, 0) is 4.79 Å². The van der Waals surface area contributed by atoms with Crippen LogP contribution in [0.25, 0.3) is 0 Å². The fourth-order valence-electron chi connectivity index (χ4n) is 1.28. The molecule has 0 saturated heterocycles. The van der Waals surface area contributed by atoms with Gasteiger partial charge < -0.3 is 18.1 Å². The molecule has 0 aromatic heterocycles. The molecule has 1 atom stereocenters. The van der Waals surface area contributed by atoms with E-state index in [1.165, 1.54) is 0 Å². The first kappa shape index (κ1) is 26.6. The van der Waals surface area contributed by atoms with Crippen LogP contribution < -0.4 is 62.0 Å². The number of rotatable bonds is 3. The average Bonchev–Trinajstić information content (AvgIpc) is 2.04. The number of hydrogen-bond acceptors (Lipinski definition) is 2. The summed E-state index contributed by atoms with van der Waals surface area (Å²) in [6.45, 7) is 13.9. The molecule has 0 fully saturated rings. The second-order valence-corrected chi connectivity index (χ2v) is 4.58. The maximum atomic E-state index is 11.6. The van der Waals surface area contributed by atoms with E-state index < -0.39 is 0 Å². The Morgan fingerprint density at radius 2 is 1.53 bits per heavy atom. The minimum absolute atomic E-state index is 0. The number of hydrogen-bond donors (Lipinski definition) is 2. The zero-order chi connectivity index (χ0) is 12.6. The van der Waals surface area contributed by atoms with Crippen LogP contribution in [0, 0.1) is 18.9 Å². The van der Waals surface area contributed by atoms with E-state index >= 15 is 0 Å². The quantitative estimate of drug-likeness (QED) is 0.550. The van der Waals surface area contributed by atoms with Crippen LogP contribution >= 0.6 is 0 Å². The number of amides is 1. The first-order valence-electron chi connectivity index (χ1n) is 5.57. The van der Waals surface area contributed by atoms with Gasteiger partial charge in [-0.15, -0.1) is 0 Å². The van der Waals surface area contributed by atoms with Gasteiger partial charge in [0.2, 0.25) is 5.91 Å². The number of nitrogens with one attached hydrogen (secondary N) is 2. The Bertz CT molecular complexity index is 177. The van der Waals surface area contributed by atoms with Crippen molar-refractivity contribution in [2.45, 2.75) is 54.5 Å². The molecule has 1 amide bonds. The standard InChI is InChI=1S/C10H21N2O.C2H6.CH3.K/c1-7(2)12-9(13)8(11-6)10(3,4)5;1-2;;/h8,11H,1-6H3,(H,12,13);1-2H3;1H3;/q-1;;-1;+1. The SMILES string of the molecule is CC.CNC(C(=O)N[C-](C)C)C(C)(C)C.[CH3-].[K+]. The molecular formula is C13H30KN2O-. The predicted octanol–water partition coefficient (Wildman–Crippen LogP) is -0.211. The van der Waals surface area contributed by atoms with Crippen LogP contribution in [0.3, 0.4) is 0 Å². The van der Waals surface area contributed by atoms with E-state index in [1.807, 2.05) is 48.5 Å². The van der Waals surface area contributed by atoms with E-state index in [0.717, 1.165) is 6.04 Å². The predicted molar refractivity (Wildman–Crippen MR) is 72.8 cm³/mol. The number of likely N-dealkylation sites (N-methyl/N-ethyl adjacent to an activating group) is 1. The Labute approximate surface area is 151 Å². The second-order valence-electron chi connectivity index (χ2n) is 4.58. The van der Waals surface area contributed by atoms with Gasteiger partial charge in [0.15, 0.2) is 0 Å². The van der Waals surface area contributed by atoms with E-state index in [-0.39, 0.29) is 76.2 Å². The Kier molecular flexibility index (Phi) is 21.1. The smallest absolute Gasteiger partial charge is 0.502 e. The van der Waals surface area contributed by atoms with Crippen molar-refractivity contribution in [2.24, 2.45) is 5.41 Å². The Morgan fingerprint density at radius 1 is 1.18 bits per heavy atom. The number of carbonyl (C=O) groups is 1. The number of carbonyl (C=O) groups excluding carboxylic acids is 1. The van der Waals surface area contributed by atoms with Crippen molar-refractivity contribution < 1.29 is 56.2 Å². The third-order valence-electron chi connectivity index (χ3n) is 1.79. The molecule has 100 valence electrons. The van der Waals surface area contributed by atoms with Crippen molar-refractivity contribution in [1.82, 2.24) is 10.6 Å². The van der Waals surface area contributed by atoms with Crippen molar-refractivity contribution in [3.63, 3.8) is 0 Å². The van der Waals surface area contributed by atoms with E-state index in [2.05, 4.69) is 10.6 Å². The van der Waals surface area contributed by atoms with Crippen molar-refractivity contribution >= 4 is 5.91 Å². The Balaban J connectivity index is -0.000000199. The van der Waals surface area contributed by atoms with Crippen molar-refractivity contribution in [3.05, 3.63) is 13.5 Å².